The molecule has 96 valence electrons. The van der Waals surface area contributed by atoms with Crippen LogP contribution in [0, 0.1) is 5.82 Å². The zero-order valence-electron chi connectivity index (χ0n) is 11.4. The van der Waals surface area contributed by atoms with E-state index < -0.39 is 0 Å². The number of benzene rings is 1. The van der Waals surface area contributed by atoms with E-state index in [2.05, 4.69) is 38.7 Å². The van der Waals surface area contributed by atoms with Crippen molar-refractivity contribution in [2.45, 2.75) is 39.5 Å². The molecule has 1 heterocycles. The SMILES string of the molecule is CC(C)c1cc(-c2ccc(F)cc2C(C)C)c[nH]1. The van der Waals surface area contributed by atoms with E-state index >= 15 is 0 Å². The third-order valence-corrected chi connectivity index (χ3v) is 3.27. The zero-order chi connectivity index (χ0) is 13.3. The third-order valence-electron chi connectivity index (χ3n) is 3.27. The number of hydrogen-bond acceptors (Lipinski definition) is 0. The van der Waals surface area contributed by atoms with E-state index in [1.54, 1.807) is 6.07 Å². The fourth-order valence-electron chi connectivity index (χ4n) is 2.17. The van der Waals surface area contributed by atoms with E-state index in [1.165, 1.54) is 11.8 Å². The first kappa shape index (κ1) is 12.9. The second kappa shape index (κ2) is 4.97. The van der Waals surface area contributed by atoms with Crippen LogP contribution in [0.25, 0.3) is 11.1 Å². The molecule has 18 heavy (non-hydrogen) atoms. The van der Waals surface area contributed by atoms with Gasteiger partial charge in [-0.1, -0.05) is 33.8 Å². The molecule has 1 aromatic heterocycles. The molecule has 0 saturated heterocycles. The Kier molecular flexibility index (Phi) is 3.55. The summed E-state index contributed by atoms with van der Waals surface area (Å²) < 4.78 is 13.3. The van der Waals surface area contributed by atoms with Crippen LogP contribution >= 0.6 is 0 Å². The topological polar surface area (TPSA) is 15.8 Å². The first-order chi connectivity index (χ1) is 8.49. The number of hydrogen-bond donors (Lipinski definition) is 1. The Balaban J connectivity index is 2.49. The number of rotatable bonds is 3. The van der Waals surface area contributed by atoms with Crippen LogP contribution in [-0.4, -0.2) is 4.98 Å². The molecular formula is C16H20FN. The van der Waals surface area contributed by atoms with Gasteiger partial charge in [-0.25, -0.2) is 4.39 Å². The van der Waals surface area contributed by atoms with E-state index in [-0.39, 0.29) is 5.82 Å². The van der Waals surface area contributed by atoms with Gasteiger partial charge in [-0.3, -0.25) is 0 Å². The van der Waals surface area contributed by atoms with Crippen molar-refractivity contribution < 1.29 is 4.39 Å². The summed E-state index contributed by atoms with van der Waals surface area (Å²) in [5.41, 5.74) is 4.53. The van der Waals surface area contributed by atoms with Gasteiger partial charge in [-0.2, -0.15) is 0 Å². The molecule has 0 aliphatic carbocycles. The Bertz CT molecular complexity index is 538. The van der Waals surface area contributed by atoms with Crippen LogP contribution in [0.3, 0.4) is 0 Å². The Morgan fingerprint density at radius 1 is 1.00 bits per heavy atom. The molecule has 0 bridgehead atoms. The number of aromatic amines is 1. The summed E-state index contributed by atoms with van der Waals surface area (Å²) in [6.45, 7) is 8.50. The van der Waals surface area contributed by atoms with E-state index in [4.69, 9.17) is 0 Å². The summed E-state index contributed by atoms with van der Waals surface area (Å²) >= 11 is 0. The minimum Gasteiger partial charge on any atom is -0.364 e. The lowest BCUT2D eigenvalue weighted by atomic mass is 9.93. The summed E-state index contributed by atoms with van der Waals surface area (Å²) in [6.07, 6.45) is 2.01. The lowest BCUT2D eigenvalue weighted by Crippen LogP contribution is -1.93. The van der Waals surface area contributed by atoms with Gasteiger partial charge in [0.1, 0.15) is 5.82 Å². The van der Waals surface area contributed by atoms with Gasteiger partial charge in [0, 0.05) is 11.9 Å². The largest absolute Gasteiger partial charge is 0.364 e. The van der Waals surface area contributed by atoms with Crippen LogP contribution < -0.4 is 0 Å². The fraction of sp³-hybridized carbons (Fsp3) is 0.375. The fourth-order valence-corrected chi connectivity index (χ4v) is 2.17. The predicted octanol–water partition coefficient (Wildman–Crippen LogP) is 5.07. The maximum Gasteiger partial charge on any atom is 0.123 e. The zero-order valence-corrected chi connectivity index (χ0v) is 11.4. The van der Waals surface area contributed by atoms with E-state index in [1.807, 2.05) is 12.3 Å². The molecule has 1 aromatic carbocycles. The normalized spacial score (nSPS) is 11.5. The van der Waals surface area contributed by atoms with Crippen molar-refractivity contribution in [3.8, 4) is 11.1 Å². The molecule has 0 spiro atoms. The lowest BCUT2D eigenvalue weighted by Gasteiger charge is -2.11. The molecule has 2 aromatic rings. The molecule has 2 rings (SSSR count). The van der Waals surface area contributed by atoms with Gasteiger partial charge in [-0.15, -0.1) is 0 Å². The number of halogens is 1. The van der Waals surface area contributed by atoms with E-state index in [0.29, 0.717) is 11.8 Å². The van der Waals surface area contributed by atoms with Crippen LogP contribution in [0.1, 0.15) is 50.8 Å². The highest BCUT2D eigenvalue weighted by Crippen LogP contribution is 2.31. The van der Waals surface area contributed by atoms with Crippen molar-refractivity contribution >= 4 is 0 Å². The molecule has 1 nitrogen and oxygen atoms in total. The van der Waals surface area contributed by atoms with Crippen molar-refractivity contribution in [3.63, 3.8) is 0 Å². The molecule has 0 fully saturated rings. The predicted molar refractivity (Wildman–Crippen MR) is 74.4 cm³/mol. The average Bonchev–Trinajstić information content (AvgIpc) is 2.78. The molecule has 0 amide bonds. The molecule has 0 aliphatic heterocycles. The van der Waals surface area contributed by atoms with Crippen molar-refractivity contribution in [2.75, 3.05) is 0 Å². The van der Waals surface area contributed by atoms with E-state index in [9.17, 15) is 4.39 Å². The summed E-state index contributed by atoms with van der Waals surface area (Å²) in [6, 6.07) is 7.20. The molecule has 0 radical (unpaired) electrons. The quantitative estimate of drug-likeness (QED) is 0.777. The van der Waals surface area contributed by atoms with Gasteiger partial charge in [0.2, 0.25) is 0 Å². The van der Waals surface area contributed by atoms with Gasteiger partial charge in [0.05, 0.1) is 0 Å². The Morgan fingerprint density at radius 2 is 1.72 bits per heavy atom. The molecular weight excluding hydrogens is 225 g/mol. The first-order valence-electron chi connectivity index (χ1n) is 6.47. The van der Waals surface area contributed by atoms with Crippen molar-refractivity contribution in [1.29, 1.82) is 0 Å². The van der Waals surface area contributed by atoms with Crippen LogP contribution in [0.4, 0.5) is 4.39 Å². The lowest BCUT2D eigenvalue weighted by molar-refractivity contribution is 0.623. The molecule has 0 aliphatic rings. The molecule has 0 unspecified atom stereocenters. The molecule has 0 atom stereocenters. The maximum absolute atomic E-state index is 13.3. The number of nitrogens with one attached hydrogen (secondary N) is 1. The monoisotopic (exact) mass is 245 g/mol. The standard InChI is InChI=1S/C16H20FN/c1-10(2)15-8-13(17)5-6-14(15)12-7-16(11(3)4)18-9-12/h5-11,18H,1-4H3. The minimum absolute atomic E-state index is 0.165. The van der Waals surface area contributed by atoms with Gasteiger partial charge in [0.25, 0.3) is 0 Å². The highest BCUT2D eigenvalue weighted by molar-refractivity contribution is 5.68. The second-order valence-electron chi connectivity index (χ2n) is 5.38. The maximum atomic E-state index is 13.3. The second-order valence-corrected chi connectivity index (χ2v) is 5.38. The van der Waals surface area contributed by atoms with Gasteiger partial charge < -0.3 is 4.98 Å². The van der Waals surface area contributed by atoms with Crippen molar-refractivity contribution in [2.24, 2.45) is 0 Å². The molecule has 2 heteroatoms. The van der Waals surface area contributed by atoms with Crippen LogP contribution in [-0.2, 0) is 0 Å². The van der Waals surface area contributed by atoms with E-state index in [0.717, 1.165) is 16.7 Å². The van der Waals surface area contributed by atoms with Gasteiger partial charge in [0.15, 0.2) is 0 Å². The highest BCUT2D eigenvalue weighted by atomic mass is 19.1. The number of H-pyrrole nitrogens is 1. The highest BCUT2D eigenvalue weighted by Gasteiger charge is 2.12. The smallest absolute Gasteiger partial charge is 0.123 e. The molecule has 0 saturated carbocycles. The van der Waals surface area contributed by atoms with Crippen LogP contribution in [0.5, 0.6) is 0 Å². The van der Waals surface area contributed by atoms with Crippen LogP contribution in [0.2, 0.25) is 0 Å². The first-order valence-corrected chi connectivity index (χ1v) is 6.47. The van der Waals surface area contributed by atoms with Crippen molar-refractivity contribution in [3.05, 3.63) is 47.5 Å². The van der Waals surface area contributed by atoms with Crippen LogP contribution in [0.15, 0.2) is 30.5 Å². The summed E-state index contributed by atoms with van der Waals surface area (Å²) in [5.74, 6) is 0.622. The Morgan fingerprint density at radius 3 is 2.28 bits per heavy atom. The van der Waals surface area contributed by atoms with Gasteiger partial charge >= 0.3 is 0 Å². The minimum atomic E-state index is -0.165. The molecule has 1 N–H and O–H groups in total. The summed E-state index contributed by atoms with van der Waals surface area (Å²) in [5, 5.41) is 0. The Labute approximate surface area is 108 Å². The van der Waals surface area contributed by atoms with Crippen molar-refractivity contribution in [1.82, 2.24) is 4.98 Å². The Hall–Kier alpha value is -1.57. The average molecular weight is 245 g/mol. The number of aromatic nitrogens is 1. The van der Waals surface area contributed by atoms with Gasteiger partial charge in [-0.05, 0) is 46.7 Å². The summed E-state index contributed by atoms with van der Waals surface area (Å²) in [4.78, 5) is 3.29. The summed E-state index contributed by atoms with van der Waals surface area (Å²) in [7, 11) is 0. The third kappa shape index (κ3) is 2.47.